The summed E-state index contributed by atoms with van der Waals surface area (Å²) < 4.78 is 2.08. The summed E-state index contributed by atoms with van der Waals surface area (Å²) in [5.74, 6) is -0.0305. The summed E-state index contributed by atoms with van der Waals surface area (Å²) in [5, 5.41) is 10.4. The molecule has 3 N–H and O–H groups in total. The molecule has 128 valence electrons. The first-order valence-electron chi connectivity index (χ1n) is 8.21. The van der Waals surface area contributed by atoms with E-state index in [0.29, 0.717) is 15.8 Å². The van der Waals surface area contributed by atoms with E-state index in [1.807, 2.05) is 0 Å². The largest absolute Gasteiger partial charge is 0.495 e. The van der Waals surface area contributed by atoms with Gasteiger partial charge < -0.3 is 15.1 Å². The maximum absolute atomic E-state index is 12.7. The van der Waals surface area contributed by atoms with Crippen molar-refractivity contribution in [2.45, 2.75) is 57.9 Å². The number of nitrogens with one attached hydrogen (secondary N) is 2. The van der Waals surface area contributed by atoms with Crippen LogP contribution in [0.15, 0.2) is 10.9 Å². The van der Waals surface area contributed by atoms with Gasteiger partial charge in [-0.05, 0) is 25.1 Å². The van der Waals surface area contributed by atoms with Crippen LogP contribution in [0, 0.1) is 4.77 Å². The van der Waals surface area contributed by atoms with Gasteiger partial charge in [-0.2, -0.15) is 0 Å². The highest BCUT2D eigenvalue weighted by Gasteiger charge is 2.17. The van der Waals surface area contributed by atoms with Crippen LogP contribution in [-0.4, -0.2) is 25.0 Å². The summed E-state index contributed by atoms with van der Waals surface area (Å²) in [4.78, 5) is 18.5. The van der Waals surface area contributed by atoms with Gasteiger partial charge in [-0.1, -0.05) is 55.0 Å². The Morgan fingerprint density at radius 3 is 2.70 bits per heavy atom. The van der Waals surface area contributed by atoms with E-state index in [1.165, 1.54) is 31.7 Å². The van der Waals surface area contributed by atoms with Crippen molar-refractivity contribution in [1.29, 1.82) is 0 Å². The normalized spacial score (nSPS) is 12.8. The molecule has 0 aromatic carbocycles. The Balaban J connectivity index is 2.26. The molecule has 0 aliphatic carbocycles. The van der Waals surface area contributed by atoms with Crippen LogP contribution in [0.4, 0.5) is 0 Å². The first-order valence-corrected chi connectivity index (χ1v) is 9.74. The fourth-order valence-corrected chi connectivity index (χ4v) is 3.81. The van der Waals surface area contributed by atoms with Crippen molar-refractivity contribution in [3.05, 3.63) is 21.2 Å². The number of aromatic amines is 2. The number of unbranched alkanes of at least 4 members (excludes halogenated alkanes) is 4. The number of rotatable bonds is 9. The Bertz CT molecular complexity index is 750. The lowest BCUT2D eigenvalue weighted by Crippen LogP contribution is -2.27. The Morgan fingerprint density at radius 2 is 2.00 bits per heavy atom. The molecule has 0 spiro atoms. The van der Waals surface area contributed by atoms with Crippen LogP contribution in [0.3, 0.4) is 0 Å². The predicted octanol–water partition coefficient (Wildman–Crippen LogP) is 4.78. The van der Waals surface area contributed by atoms with Crippen LogP contribution in [-0.2, 0) is 0 Å². The second kappa shape index (κ2) is 8.68. The van der Waals surface area contributed by atoms with Gasteiger partial charge in [-0.3, -0.25) is 9.36 Å². The van der Waals surface area contributed by atoms with E-state index in [-0.39, 0.29) is 17.5 Å². The first-order chi connectivity index (χ1) is 11.1. The predicted molar refractivity (Wildman–Crippen MR) is 100 cm³/mol. The molecule has 0 amide bonds. The number of aromatic nitrogens is 3. The average molecular weight is 402 g/mol. The lowest BCUT2D eigenvalue weighted by atomic mass is 10.0. The molecule has 1 atom stereocenters. The van der Waals surface area contributed by atoms with Crippen LogP contribution in [0.25, 0.3) is 11.0 Å². The highest BCUT2D eigenvalue weighted by molar-refractivity contribution is 9.09. The second-order valence-electron chi connectivity index (χ2n) is 5.88. The zero-order valence-electron chi connectivity index (χ0n) is 13.4. The number of nitrogens with zero attached hydrogens (tertiary/aromatic N) is 1. The molecular formula is C16H24BrN3O2S. The minimum Gasteiger partial charge on any atom is -0.495 e. The monoisotopic (exact) mass is 401 g/mol. The third-order valence-corrected chi connectivity index (χ3v) is 4.90. The highest BCUT2D eigenvalue weighted by Crippen LogP contribution is 2.22. The minimum absolute atomic E-state index is 0.0305. The van der Waals surface area contributed by atoms with Gasteiger partial charge in [-0.25, -0.2) is 0 Å². The first kappa shape index (κ1) is 18.3. The Morgan fingerprint density at radius 1 is 1.26 bits per heavy atom. The smallest absolute Gasteiger partial charge is 0.278 e. The maximum Gasteiger partial charge on any atom is 0.278 e. The Hall–Kier alpha value is -1.08. The Kier molecular flexibility index (Phi) is 6.89. The quantitative estimate of drug-likeness (QED) is 0.321. The van der Waals surface area contributed by atoms with Gasteiger partial charge in [0.05, 0.1) is 5.52 Å². The molecule has 0 aliphatic rings. The summed E-state index contributed by atoms with van der Waals surface area (Å²) in [5.41, 5.74) is 0.763. The molecule has 0 saturated carbocycles. The number of hydrogen-bond donors (Lipinski definition) is 3. The van der Waals surface area contributed by atoms with Gasteiger partial charge in [0, 0.05) is 17.4 Å². The summed E-state index contributed by atoms with van der Waals surface area (Å²) >= 11 is 8.86. The zero-order valence-corrected chi connectivity index (χ0v) is 15.8. The second-order valence-corrected chi connectivity index (χ2v) is 7.06. The molecule has 23 heavy (non-hydrogen) atoms. The third-order valence-electron chi connectivity index (χ3n) is 4.14. The summed E-state index contributed by atoms with van der Waals surface area (Å²) in [6.45, 7) is 2.20. The summed E-state index contributed by atoms with van der Waals surface area (Å²) in [7, 11) is 0. The van der Waals surface area contributed by atoms with Crippen molar-refractivity contribution in [1.82, 2.24) is 14.5 Å². The summed E-state index contributed by atoms with van der Waals surface area (Å²) in [6.07, 6.45) is 7.78. The number of hydrogen-bond acceptors (Lipinski definition) is 3. The van der Waals surface area contributed by atoms with Crippen molar-refractivity contribution < 1.29 is 5.11 Å². The third kappa shape index (κ3) is 4.47. The average Bonchev–Trinajstić information content (AvgIpc) is 2.87. The lowest BCUT2D eigenvalue weighted by Gasteiger charge is -2.19. The lowest BCUT2D eigenvalue weighted by molar-refractivity contribution is 0.414. The molecule has 2 aromatic rings. The fraction of sp³-hybridized carbons (Fsp3) is 0.625. The summed E-state index contributed by atoms with van der Waals surface area (Å²) in [6, 6.07) is 1.56. The van der Waals surface area contributed by atoms with Crippen molar-refractivity contribution in [3.63, 3.8) is 0 Å². The maximum atomic E-state index is 12.7. The molecule has 0 radical (unpaired) electrons. The van der Waals surface area contributed by atoms with Crippen LogP contribution < -0.4 is 5.56 Å². The van der Waals surface area contributed by atoms with Gasteiger partial charge in [0.15, 0.2) is 10.7 Å². The van der Waals surface area contributed by atoms with Crippen LogP contribution in [0.5, 0.6) is 5.88 Å². The van der Waals surface area contributed by atoms with Gasteiger partial charge >= 0.3 is 0 Å². The van der Waals surface area contributed by atoms with Crippen molar-refractivity contribution >= 4 is 39.2 Å². The van der Waals surface area contributed by atoms with Gasteiger partial charge in [0.1, 0.15) is 5.52 Å². The molecule has 2 heterocycles. The molecule has 0 fully saturated rings. The van der Waals surface area contributed by atoms with Gasteiger partial charge in [0.25, 0.3) is 5.56 Å². The molecule has 1 unspecified atom stereocenters. The van der Waals surface area contributed by atoms with Crippen LogP contribution >= 0.6 is 28.1 Å². The number of alkyl halides is 1. The molecule has 0 bridgehead atoms. The zero-order chi connectivity index (χ0) is 16.8. The van der Waals surface area contributed by atoms with Crippen LogP contribution in [0.2, 0.25) is 0 Å². The molecule has 2 aromatic heterocycles. The van der Waals surface area contributed by atoms with E-state index in [4.69, 9.17) is 12.2 Å². The molecule has 0 saturated heterocycles. The molecule has 7 heteroatoms. The van der Waals surface area contributed by atoms with Crippen molar-refractivity contribution in [3.8, 4) is 5.88 Å². The van der Waals surface area contributed by atoms with Gasteiger partial charge in [-0.15, -0.1) is 0 Å². The molecule has 2 rings (SSSR count). The molecular weight excluding hydrogens is 378 g/mol. The number of fused-ring (bicyclic) bond motifs is 1. The fourth-order valence-electron chi connectivity index (χ4n) is 2.94. The molecule has 0 aliphatic heterocycles. The topological polar surface area (TPSA) is 73.8 Å². The number of H-pyrrole nitrogens is 2. The highest BCUT2D eigenvalue weighted by atomic mass is 79.9. The van der Waals surface area contributed by atoms with E-state index in [9.17, 15) is 9.90 Å². The SMILES string of the molecule is CCCCCCCC(CCBr)n1c(=S)[nH]c2cc(O)[nH]c2c1=O. The standard InChI is InChI=1S/C16H24BrN3O2S/c1-2-3-4-5-6-7-11(8-9-17)20-15(22)14-12(18-16(20)23)10-13(21)19-14/h10-11,19,21H,2-9H2,1H3,(H,18,23). The van der Waals surface area contributed by atoms with E-state index in [0.717, 1.165) is 24.6 Å². The van der Waals surface area contributed by atoms with Crippen molar-refractivity contribution in [2.24, 2.45) is 0 Å². The van der Waals surface area contributed by atoms with E-state index in [1.54, 1.807) is 4.57 Å². The van der Waals surface area contributed by atoms with E-state index >= 15 is 0 Å². The Labute approximate surface area is 149 Å². The van der Waals surface area contributed by atoms with E-state index < -0.39 is 0 Å². The number of aromatic hydroxyl groups is 1. The minimum atomic E-state index is -0.163. The number of halogens is 1. The molecule has 5 nitrogen and oxygen atoms in total. The van der Waals surface area contributed by atoms with Crippen LogP contribution in [0.1, 0.15) is 57.9 Å². The van der Waals surface area contributed by atoms with Crippen molar-refractivity contribution in [2.75, 3.05) is 5.33 Å². The van der Waals surface area contributed by atoms with E-state index in [2.05, 4.69) is 32.8 Å². The van der Waals surface area contributed by atoms with Gasteiger partial charge in [0.2, 0.25) is 0 Å².